The summed E-state index contributed by atoms with van der Waals surface area (Å²) in [7, 11) is 0. The van der Waals surface area contributed by atoms with Crippen LogP contribution in [-0.2, 0) is 9.53 Å². The molecule has 1 amide bonds. The van der Waals surface area contributed by atoms with E-state index in [1.165, 1.54) is 6.07 Å². The molecule has 0 saturated carbocycles. The third-order valence-electron chi connectivity index (χ3n) is 3.01. The molecular formula is C14H16FNO2. The van der Waals surface area contributed by atoms with E-state index in [0.29, 0.717) is 30.8 Å². The van der Waals surface area contributed by atoms with E-state index >= 15 is 0 Å². The Bertz CT molecular complexity index is 485. The number of hydrogen-bond acceptors (Lipinski definition) is 2. The van der Waals surface area contributed by atoms with Gasteiger partial charge < -0.3 is 10.1 Å². The van der Waals surface area contributed by atoms with Gasteiger partial charge in [0.05, 0.1) is 18.2 Å². The average molecular weight is 249 g/mol. The van der Waals surface area contributed by atoms with E-state index in [0.717, 1.165) is 5.56 Å². The summed E-state index contributed by atoms with van der Waals surface area (Å²) in [6.07, 6.45) is 1.21. The van der Waals surface area contributed by atoms with Crippen molar-refractivity contribution >= 4 is 11.7 Å². The molecule has 1 fully saturated rings. The molecule has 3 nitrogen and oxygen atoms in total. The molecule has 18 heavy (non-hydrogen) atoms. The Labute approximate surface area is 106 Å². The summed E-state index contributed by atoms with van der Waals surface area (Å²) < 4.78 is 19.1. The fraction of sp³-hybridized carbons (Fsp3) is 0.357. The van der Waals surface area contributed by atoms with Crippen LogP contribution in [0.5, 0.6) is 0 Å². The third-order valence-corrected chi connectivity index (χ3v) is 3.01. The molecular weight excluding hydrogens is 233 g/mol. The van der Waals surface area contributed by atoms with Crippen LogP contribution in [0.3, 0.4) is 0 Å². The van der Waals surface area contributed by atoms with Gasteiger partial charge in [-0.15, -0.1) is 0 Å². The first-order valence-electron chi connectivity index (χ1n) is 6.02. The van der Waals surface area contributed by atoms with Crippen LogP contribution >= 0.6 is 0 Å². The molecule has 1 aliphatic rings. The van der Waals surface area contributed by atoms with Crippen LogP contribution in [0.1, 0.15) is 36.9 Å². The number of hydrogen-bond donors (Lipinski definition) is 1. The molecule has 0 aliphatic carbocycles. The lowest BCUT2D eigenvalue weighted by molar-refractivity contribution is -0.119. The maximum atomic E-state index is 13.9. The van der Waals surface area contributed by atoms with Crippen LogP contribution in [0.25, 0.3) is 5.76 Å². The Kier molecular flexibility index (Phi) is 3.65. The minimum atomic E-state index is -0.368. The van der Waals surface area contributed by atoms with E-state index in [1.54, 1.807) is 12.1 Å². The van der Waals surface area contributed by atoms with Gasteiger partial charge in [-0.3, -0.25) is 4.79 Å². The highest BCUT2D eigenvalue weighted by atomic mass is 19.1. The van der Waals surface area contributed by atoms with Crippen molar-refractivity contribution in [2.24, 2.45) is 0 Å². The fourth-order valence-electron chi connectivity index (χ4n) is 2.09. The zero-order chi connectivity index (χ0) is 13.1. The SMILES string of the molecule is C=C(OCC)c1ccc(C2CCC(=O)N2)cc1F. The van der Waals surface area contributed by atoms with Gasteiger partial charge in [0.15, 0.2) is 0 Å². The van der Waals surface area contributed by atoms with Crippen LogP contribution in [0.4, 0.5) is 4.39 Å². The van der Waals surface area contributed by atoms with Crippen LogP contribution < -0.4 is 5.32 Å². The first-order chi connectivity index (χ1) is 8.61. The number of benzene rings is 1. The van der Waals surface area contributed by atoms with Crippen molar-refractivity contribution in [3.63, 3.8) is 0 Å². The van der Waals surface area contributed by atoms with Crippen molar-refractivity contribution in [3.8, 4) is 0 Å². The predicted molar refractivity (Wildman–Crippen MR) is 67.2 cm³/mol. The zero-order valence-corrected chi connectivity index (χ0v) is 10.3. The number of rotatable bonds is 4. The average Bonchev–Trinajstić information content (AvgIpc) is 2.76. The van der Waals surface area contributed by atoms with E-state index < -0.39 is 0 Å². The monoisotopic (exact) mass is 249 g/mol. The van der Waals surface area contributed by atoms with Crippen molar-refractivity contribution in [2.45, 2.75) is 25.8 Å². The molecule has 0 bridgehead atoms. The van der Waals surface area contributed by atoms with Crippen LogP contribution in [0.2, 0.25) is 0 Å². The molecule has 0 spiro atoms. The summed E-state index contributed by atoms with van der Waals surface area (Å²) in [5, 5.41) is 2.81. The van der Waals surface area contributed by atoms with E-state index in [9.17, 15) is 9.18 Å². The number of amides is 1. The molecule has 1 N–H and O–H groups in total. The molecule has 1 saturated heterocycles. The van der Waals surface area contributed by atoms with Gasteiger partial charge in [-0.1, -0.05) is 12.6 Å². The molecule has 1 atom stereocenters. The molecule has 96 valence electrons. The summed E-state index contributed by atoms with van der Waals surface area (Å²) in [6.45, 7) is 5.96. The number of ether oxygens (including phenoxy) is 1. The topological polar surface area (TPSA) is 38.3 Å². The smallest absolute Gasteiger partial charge is 0.220 e. The second kappa shape index (κ2) is 5.21. The summed E-state index contributed by atoms with van der Waals surface area (Å²) >= 11 is 0. The molecule has 0 aromatic heterocycles. The van der Waals surface area contributed by atoms with Crippen molar-refractivity contribution in [1.82, 2.24) is 5.32 Å². The Morgan fingerprint density at radius 3 is 2.94 bits per heavy atom. The third kappa shape index (κ3) is 2.53. The van der Waals surface area contributed by atoms with Gasteiger partial charge in [0.25, 0.3) is 0 Å². The molecule has 2 rings (SSSR count). The second-order valence-electron chi connectivity index (χ2n) is 4.25. The predicted octanol–water partition coefficient (Wildman–Crippen LogP) is 2.78. The van der Waals surface area contributed by atoms with Crippen LogP contribution in [-0.4, -0.2) is 12.5 Å². The standard InChI is InChI=1S/C14H16FNO2/c1-3-18-9(2)11-5-4-10(8-12(11)15)13-6-7-14(17)16-13/h4-5,8,13H,2-3,6-7H2,1H3,(H,16,17). The van der Waals surface area contributed by atoms with Gasteiger partial charge in [-0.2, -0.15) is 0 Å². The van der Waals surface area contributed by atoms with Crippen molar-refractivity contribution in [3.05, 3.63) is 41.7 Å². The van der Waals surface area contributed by atoms with E-state index in [-0.39, 0.29) is 17.8 Å². The maximum absolute atomic E-state index is 13.9. The van der Waals surface area contributed by atoms with E-state index in [4.69, 9.17) is 4.74 Å². The Morgan fingerprint density at radius 1 is 1.61 bits per heavy atom. The Hall–Kier alpha value is -1.84. The largest absolute Gasteiger partial charge is 0.494 e. The lowest BCUT2D eigenvalue weighted by Crippen LogP contribution is -2.18. The lowest BCUT2D eigenvalue weighted by atomic mass is 10.0. The molecule has 1 aromatic rings. The lowest BCUT2D eigenvalue weighted by Gasteiger charge is -2.13. The number of halogens is 1. The molecule has 1 aromatic carbocycles. The van der Waals surface area contributed by atoms with Crippen molar-refractivity contribution < 1.29 is 13.9 Å². The first-order valence-corrected chi connectivity index (χ1v) is 6.02. The molecule has 1 heterocycles. The van der Waals surface area contributed by atoms with Gasteiger partial charge in [-0.05, 0) is 31.0 Å². The van der Waals surface area contributed by atoms with Crippen molar-refractivity contribution in [2.75, 3.05) is 6.61 Å². The normalized spacial score (nSPS) is 18.6. The van der Waals surface area contributed by atoms with Gasteiger partial charge in [0.2, 0.25) is 5.91 Å². The van der Waals surface area contributed by atoms with Gasteiger partial charge in [-0.25, -0.2) is 4.39 Å². The number of nitrogens with one attached hydrogen (secondary N) is 1. The molecule has 1 aliphatic heterocycles. The summed E-state index contributed by atoms with van der Waals surface area (Å²) in [5.41, 5.74) is 1.15. The highest BCUT2D eigenvalue weighted by Gasteiger charge is 2.23. The Morgan fingerprint density at radius 2 is 2.39 bits per heavy atom. The number of carbonyl (C=O) groups excluding carboxylic acids is 1. The number of carbonyl (C=O) groups is 1. The quantitative estimate of drug-likeness (QED) is 0.833. The molecule has 1 unspecified atom stereocenters. The minimum Gasteiger partial charge on any atom is -0.494 e. The first kappa shape index (κ1) is 12.6. The second-order valence-corrected chi connectivity index (χ2v) is 4.25. The van der Waals surface area contributed by atoms with Gasteiger partial charge >= 0.3 is 0 Å². The fourth-order valence-corrected chi connectivity index (χ4v) is 2.09. The van der Waals surface area contributed by atoms with Gasteiger partial charge in [0.1, 0.15) is 11.6 Å². The summed E-state index contributed by atoms with van der Waals surface area (Å²) in [5.74, 6) is -0.0210. The van der Waals surface area contributed by atoms with Gasteiger partial charge in [0, 0.05) is 6.42 Å². The highest BCUT2D eigenvalue weighted by Crippen LogP contribution is 2.27. The minimum absolute atomic E-state index is 0.0169. The van der Waals surface area contributed by atoms with Crippen LogP contribution in [0.15, 0.2) is 24.8 Å². The molecule has 0 radical (unpaired) electrons. The molecule has 4 heteroatoms. The summed E-state index contributed by atoms with van der Waals surface area (Å²) in [4.78, 5) is 11.1. The van der Waals surface area contributed by atoms with E-state index in [1.807, 2.05) is 6.92 Å². The maximum Gasteiger partial charge on any atom is 0.220 e. The van der Waals surface area contributed by atoms with Crippen molar-refractivity contribution in [1.29, 1.82) is 0 Å². The Balaban J connectivity index is 2.19. The van der Waals surface area contributed by atoms with Crippen LogP contribution in [0, 0.1) is 5.82 Å². The van der Waals surface area contributed by atoms with E-state index in [2.05, 4.69) is 11.9 Å². The summed E-state index contributed by atoms with van der Waals surface area (Å²) in [6, 6.07) is 4.81. The highest BCUT2D eigenvalue weighted by molar-refractivity contribution is 5.78. The zero-order valence-electron chi connectivity index (χ0n) is 10.3.